The highest BCUT2D eigenvalue weighted by Gasteiger charge is 2.21. The van der Waals surface area contributed by atoms with Crippen molar-refractivity contribution in [1.82, 2.24) is 25.4 Å². The molecule has 1 rings (SSSR count). The molecule has 2 N–H and O–H groups in total. The molecule has 0 fully saturated rings. The molecule has 0 spiro atoms. The summed E-state index contributed by atoms with van der Waals surface area (Å²) in [5, 5.41) is 12.9. The summed E-state index contributed by atoms with van der Waals surface area (Å²) >= 11 is 4.04. The third kappa shape index (κ3) is 3.73. The molecule has 1 heterocycles. The van der Waals surface area contributed by atoms with Crippen LogP contribution in [-0.2, 0) is 16.6 Å². The lowest BCUT2D eigenvalue weighted by Gasteiger charge is -2.18. The van der Waals surface area contributed by atoms with Gasteiger partial charge in [-0.05, 0) is 6.92 Å². The molecular formula is C10H17N5O2S. The Morgan fingerprint density at radius 2 is 2.17 bits per heavy atom. The van der Waals surface area contributed by atoms with Gasteiger partial charge in [0.1, 0.15) is 12.4 Å². The van der Waals surface area contributed by atoms with Crippen LogP contribution in [0.25, 0.3) is 0 Å². The molecule has 0 aliphatic rings. The van der Waals surface area contributed by atoms with Gasteiger partial charge in [-0.25, -0.2) is 0 Å². The number of carbonyl (C=O) groups is 2. The van der Waals surface area contributed by atoms with Crippen LogP contribution >= 0.6 is 12.6 Å². The van der Waals surface area contributed by atoms with E-state index in [0.717, 1.165) is 0 Å². The number of hydrogen-bond donors (Lipinski definition) is 3. The minimum atomic E-state index is -0.651. The zero-order valence-corrected chi connectivity index (χ0v) is 11.4. The van der Waals surface area contributed by atoms with E-state index in [1.165, 1.54) is 6.92 Å². The van der Waals surface area contributed by atoms with Gasteiger partial charge in [0, 0.05) is 19.7 Å². The lowest BCUT2D eigenvalue weighted by Crippen LogP contribution is -2.48. The van der Waals surface area contributed by atoms with E-state index in [-0.39, 0.29) is 23.6 Å². The number of hydrogen-bond acceptors (Lipinski definition) is 5. The number of nitrogens with zero attached hydrogens (tertiary/aromatic N) is 3. The zero-order valence-electron chi connectivity index (χ0n) is 10.5. The first kappa shape index (κ1) is 14.5. The molecule has 0 radical (unpaired) electrons. The van der Waals surface area contributed by atoms with Gasteiger partial charge in [0.25, 0.3) is 0 Å². The Morgan fingerprint density at radius 3 is 2.61 bits per heavy atom. The maximum absolute atomic E-state index is 11.9. The molecule has 1 aromatic heterocycles. The van der Waals surface area contributed by atoms with Gasteiger partial charge in [-0.1, -0.05) is 0 Å². The highest BCUT2D eigenvalue weighted by atomic mass is 32.1. The summed E-state index contributed by atoms with van der Waals surface area (Å²) in [6, 6.07) is -0.942. The molecule has 100 valence electrons. The molecule has 0 saturated heterocycles. The molecular weight excluding hydrogens is 254 g/mol. The summed E-state index contributed by atoms with van der Waals surface area (Å²) in [5.74, 6) is 0.312. The highest BCUT2D eigenvalue weighted by molar-refractivity contribution is 7.80. The third-order valence-corrected chi connectivity index (χ3v) is 2.73. The highest BCUT2D eigenvalue weighted by Crippen LogP contribution is 2.07. The molecule has 0 saturated carbocycles. The van der Waals surface area contributed by atoms with Crippen LogP contribution in [0.15, 0.2) is 6.33 Å². The second-order valence-electron chi connectivity index (χ2n) is 3.97. The van der Waals surface area contributed by atoms with Crippen LogP contribution in [0.2, 0.25) is 0 Å². The first-order chi connectivity index (χ1) is 8.45. The van der Waals surface area contributed by atoms with Crippen molar-refractivity contribution in [2.45, 2.75) is 25.9 Å². The minimum Gasteiger partial charge on any atom is -0.345 e. The lowest BCUT2D eigenvalue weighted by atomic mass is 10.2. The molecule has 7 nitrogen and oxygen atoms in total. The Labute approximate surface area is 111 Å². The molecule has 2 atom stereocenters. The zero-order chi connectivity index (χ0) is 13.7. The molecule has 2 unspecified atom stereocenters. The van der Waals surface area contributed by atoms with E-state index < -0.39 is 6.04 Å². The maximum atomic E-state index is 11.9. The van der Waals surface area contributed by atoms with Crippen LogP contribution in [-0.4, -0.2) is 38.4 Å². The van der Waals surface area contributed by atoms with Crippen LogP contribution in [0.4, 0.5) is 0 Å². The Hall–Kier alpha value is -1.57. The largest absolute Gasteiger partial charge is 0.345 e. The van der Waals surface area contributed by atoms with E-state index in [1.54, 1.807) is 24.9 Å². The fraction of sp³-hybridized carbons (Fsp3) is 0.600. The number of thiol groups is 1. The molecule has 0 aromatic carbocycles. The number of rotatable bonds is 5. The quantitative estimate of drug-likeness (QED) is 0.626. The van der Waals surface area contributed by atoms with Crippen LogP contribution in [0.3, 0.4) is 0 Å². The smallest absolute Gasteiger partial charge is 0.244 e. The van der Waals surface area contributed by atoms with Crippen molar-refractivity contribution in [3.63, 3.8) is 0 Å². The van der Waals surface area contributed by atoms with Crippen molar-refractivity contribution in [3.8, 4) is 0 Å². The topological polar surface area (TPSA) is 88.9 Å². The van der Waals surface area contributed by atoms with Gasteiger partial charge in [-0.3, -0.25) is 9.59 Å². The predicted molar refractivity (Wildman–Crippen MR) is 69.0 cm³/mol. The van der Waals surface area contributed by atoms with Crippen molar-refractivity contribution in [2.24, 2.45) is 7.05 Å². The molecule has 0 aliphatic carbocycles. The fourth-order valence-electron chi connectivity index (χ4n) is 1.50. The van der Waals surface area contributed by atoms with Crippen LogP contribution in [0.5, 0.6) is 0 Å². The van der Waals surface area contributed by atoms with Gasteiger partial charge in [0.2, 0.25) is 11.8 Å². The molecule has 1 aromatic rings. The van der Waals surface area contributed by atoms with E-state index in [0.29, 0.717) is 5.82 Å². The number of nitrogens with one attached hydrogen (secondary N) is 2. The van der Waals surface area contributed by atoms with Crippen molar-refractivity contribution < 1.29 is 9.59 Å². The second-order valence-corrected chi connectivity index (χ2v) is 4.33. The summed E-state index contributed by atoms with van der Waals surface area (Å²) < 4.78 is 1.72. The number of aromatic nitrogens is 3. The Balaban J connectivity index is 2.63. The van der Waals surface area contributed by atoms with Gasteiger partial charge >= 0.3 is 0 Å². The average Bonchev–Trinajstić information content (AvgIpc) is 2.71. The first-order valence-corrected chi connectivity index (χ1v) is 6.11. The van der Waals surface area contributed by atoms with Crippen molar-refractivity contribution in [2.75, 3.05) is 5.75 Å². The number of amides is 2. The normalized spacial score (nSPS) is 13.8. The summed E-state index contributed by atoms with van der Waals surface area (Å²) in [7, 11) is 1.79. The molecule has 8 heteroatoms. The number of aryl methyl sites for hydroxylation is 1. The van der Waals surface area contributed by atoms with Gasteiger partial charge < -0.3 is 15.2 Å². The minimum absolute atomic E-state index is 0.233. The maximum Gasteiger partial charge on any atom is 0.244 e. The van der Waals surface area contributed by atoms with E-state index in [9.17, 15) is 9.59 Å². The Morgan fingerprint density at radius 1 is 1.50 bits per heavy atom. The van der Waals surface area contributed by atoms with E-state index in [1.807, 2.05) is 0 Å². The first-order valence-electron chi connectivity index (χ1n) is 5.48. The van der Waals surface area contributed by atoms with Crippen LogP contribution < -0.4 is 10.6 Å². The van der Waals surface area contributed by atoms with Crippen molar-refractivity contribution in [1.29, 1.82) is 0 Å². The van der Waals surface area contributed by atoms with E-state index in [4.69, 9.17) is 0 Å². The monoisotopic (exact) mass is 271 g/mol. The molecule has 2 amide bonds. The van der Waals surface area contributed by atoms with Gasteiger partial charge in [-0.15, -0.1) is 10.2 Å². The molecule has 0 bridgehead atoms. The number of carbonyl (C=O) groups excluding carboxylic acids is 2. The third-order valence-electron chi connectivity index (χ3n) is 2.37. The second kappa shape index (κ2) is 6.39. The lowest BCUT2D eigenvalue weighted by molar-refractivity contribution is -0.128. The summed E-state index contributed by atoms with van der Waals surface area (Å²) in [4.78, 5) is 22.8. The van der Waals surface area contributed by atoms with Crippen LogP contribution in [0.1, 0.15) is 25.7 Å². The Bertz CT molecular complexity index is 434. The summed E-state index contributed by atoms with van der Waals surface area (Å²) in [6.07, 6.45) is 1.56. The Kier molecular flexibility index (Phi) is 5.14. The SMILES string of the molecule is CC(=O)NC(CS)C(=O)NC(C)c1nncn1C. The predicted octanol–water partition coefficient (Wildman–Crippen LogP) is -0.573. The van der Waals surface area contributed by atoms with Gasteiger partial charge in [0.15, 0.2) is 5.82 Å². The van der Waals surface area contributed by atoms with Gasteiger partial charge in [0.05, 0.1) is 6.04 Å². The molecule has 0 aliphatic heterocycles. The fourth-order valence-corrected chi connectivity index (χ4v) is 1.76. The average molecular weight is 271 g/mol. The van der Waals surface area contributed by atoms with Crippen molar-refractivity contribution >= 4 is 24.4 Å². The summed E-state index contributed by atoms with van der Waals surface area (Å²) in [5.41, 5.74) is 0. The van der Waals surface area contributed by atoms with Crippen LogP contribution in [0, 0.1) is 0 Å². The standard InChI is InChI=1S/C10H17N5O2S/c1-6(9-14-11-5-15(9)3)12-10(17)8(4-18)13-7(2)16/h5-6,8,18H,4H2,1-3H3,(H,12,17)(H,13,16). The van der Waals surface area contributed by atoms with E-state index in [2.05, 4.69) is 33.5 Å². The van der Waals surface area contributed by atoms with Crippen molar-refractivity contribution in [3.05, 3.63) is 12.2 Å². The van der Waals surface area contributed by atoms with Gasteiger partial charge in [-0.2, -0.15) is 12.6 Å². The summed E-state index contributed by atoms with van der Waals surface area (Å²) in [6.45, 7) is 3.15. The van der Waals surface area contributed by atoms with E-state index >= 15 is 0 Å². The molecule has 18 heavy (non-hydrogen) atoms.